The summed E-state index contributed by atoms with van der Waals surface area (Å²) < 4.78 is 6.40. The molecule has 1 aliphatic heterocycles. The van der Waals surface area contributed by atoms with E-state index in [0.29, 0.717) is 5.82 Å². The lowest BCUT2D eigenvalue weighted by Gasteiger charge is -2.21. The number of halogens is 1. The Kier molecular flexibility index (Phi) is 4.47. The van der Waals surface area contributed by atoms with Gasteiger partial charge in [0.25, 0.3) is 0 Å². The van der Waals surface area contributed by atoms with Crippen LogP contribution in [0.2, 0.25) is 0 Å². The lowest BCUT2D eigenvalue weighted by Crippen LogP contribution is -2.29. The smallest absolute Gasteiger partial charge is 0.226 e. The van der Waals surface area contributed by atoms with Gasteiger partial charge in [0, 0.05) is 16.5 Å². The molecule has 20 heavy (non-hydrogen) atoms. The van der Waals surface area contributed by atoms with Crippen molar-refractivity contribution in [2.75, 3.05) is 13.1 Å². The Labute approximate surface area is 127 Å². The fourth-order valence-corrected chi connectivity index (χ4v) is 2.83. The Morgan fingerprint density at radius 3 is 2.90 bits per heavy atom. The standard InChI is InChI=1S/C15H18BrN3O/c16-13-6-4-12(5-7-13)15-18-14(20-19-15)8-3-11-2-1-9-17-10-11/h4-7,11,17H,1-3,8-10H2. The predicted molar refractivity (Wildman–Crippen MR) is 81.3 cm³/mol. The molecule has 0 spiro atoms. The molecule has 2 heterocycles. The molecule has 106 valence electrons. The van der Waals surface area contributed by atoms with Gasteiger partial charge in [-0.1, -0.05) is 21.1 Å². The SMILES string of the molecule is Brc1ccc(-c2noc(CCC3CCCNC3)n2)cc1. The van der Waals surface area contributed by atoms with Crippen molar-refractivity contribution in [2.45, 2.75) is 25.7 Å². The number of hydrogen-bond acceptors (Lipinski definition) is 4. The van der Waals surface area contributed by atoms with Crippen LogP contribution in [0, 0.1) is 5.92 Å². The maximum Gasteiger partial charge on any atom is 0.226 e. The Morgan fingerprint density at radius 1 is 1.30 bits per heavy atom. The summed E-state index contributed by atoms with van der Waals surface area (Å²) in [4.78, 5) is 4.48. The number of rotatable bonds is 4. The third-order valence-corrected chi connectivity index (χ3v) is 4.26. The van der Waals surface area contributed by atoms with E-state index in [9.17, 15) is 0 Å². The van der Waals surface area contributed by atoms with Crippen molar-refractivity contribution < 1.29 is 4.52 Å². The molecule has 0 aliphatic carbocycles. The van der Waals surface area contributed by atoms with Gasteiger partial charge in [-0.3, -0.25) is 0 Å². The molecular formula is C15H18BrN3O. The zero-order valence-electron chi connectivity index (χ0n) is 11.3. The van der Waals surface area contributed by atoms with Gasteiger partial charge in [-0.2, -0.15) is 4.98 Å². The van der Waals surface area contributed by atoms with E-state index in [2.05, 4.69) is 31.4 Å². The average molecular weight is 336 g/mol. The number of nitrogens with zero attached hydrogens (tertiary/aromatic N) is 2. The van der Waals surface area contributed by atoms with Gasteiger partial charge < -0.3 is 9.84 Å². The second kappa shape index (κ2) is 6.50. The van der Waals surface area contributed by atoms with Gasteiger partial charge in [-0.25, -0.2) is 0 Å². The number of benzene rings is 1. The van der Waals surface area contributed by atoms with Crippen molar-refractivity contribution >= 4 is 15.9 Å². The third kappa shape index (κ3) is 3.46. The molecule has 2 aromatic rings. The topological polar surface area (TPSA) is 51.0 Å². The van der Waals surface area contributed by atoms with Crippen molar-refractivity contribution in [3.05, 3.63) is 34.6 Å². The fraction of sp³-hybridized carbons (Fsp3) is 0.467. The average Bonchev–Trinajstić information content (AvgIpc) is 2.96. The van der Waals surface area contributed by atoms with Gasteiger partial charge in [0.05, 0.1) is 0 Å². The zero-order chi connectivity index (χ0) is 13.8. The molecule has 1 atom stereocenters. The zero-order valence-corrected chi connectivity index (χ0v) is 12.9. The summed E-state index contributed by atoms with van der Waals surface area (Å²) in [6, 6.07) is 7.95. The van der Waals surface area contributed by atoms with E-state index in [4.69, 9.17) is 4.52 Å². The molecule has 4 nitrogen and oxygen atoms in total. The summed E-state index contributed by atoms with van der Waals surface area (Å²) in [6.07, 6.45) is 4.57. The summed E-state index contributed by atoms with van der Waals surface area (Å²) in [5.74, 6) is 2.16. The molecule has 0 amide bonds. The molecule has 0 bridgehead atoms. The van der Waals surface area contributed by atoms with Gasteiger partial charge in [0.15, 0.2) is 0 Å². The van der Waals surface area contributed by atoms with Gasteiger partial charge in [-0.05, 0) is 62.5 Å². The van der Waals surface area contributed by atoms with E-state index in [1.165, 1.54) is 12.8 Å². The van der Waals surface area contributed by atoms with E-state index in [0.717, 1.165) is 47.8 Å². The molecule has 1 saturated heterocycles. The van der Waals surface area contributed by atoms with Gasteiger partial charge in [0.1, 0.15) is 0 Å². The minimum Gasteiger partial charge on any atom is -0.339 e. The van der Waals surface area contributed by atoms with E-state index in [1.54, 1.807) is 0 Å². The number of aryl methyl sites for hydroxylation is 1. The Bertz CT molecular complexity index is 547. The molecule has 0 saturated carbocycles. The first-order valence-electron chi connectivity index (χ1n) is 7.10. The Balaban J connectivity index is 1.60. The van der Waals surface area contributed by atoms with Gasteiger partial charge in [0.2, 0.25) is 11.7 Å². The maximum absolute atomic E-state index is 5.35. The molecular weight excluding hydrogens is 318 g/mol. The minimum atomic E-state index is 0.675. The fourth-order valence-electron chi connectivity index (χ4n) is 2.57. The molecule has 1 unspecified atom stereocenters. The quantitative estimate of drug-likeness (QED) is 0.929. The van der Waals surface area contributed by atoms with Crippen molar-refractivity contribution in [1.29, 1.82) is 0 Å². The van der Waals surface area contributed by atoms with E-state index in [1.807, 2.05) is 24.3 Å². The van der Waals surface area contributed by atoms with Crippen LogP contribution in [-0.2, 0) is 6.42 Å². The van der Waals surface area contributed by atoms with Crippen LogP contribution in [0.4, 0.5) is 0 Å². The van der Waals surface area contributed by atoms with Crippen LogP contribution >= 0.6 is 15.9 Å². The minimum absolute atomic E-state index is 0.675. The summed E-state index contributed by atoms with van der Waals surface area (Å²) >= 11 is 3.42. The normalized spacial score (nSPS) is 19.1. The van der Waals surface area contributed by atoms with Gasteiger partial charge in [-0.15, -0.1) is 0 Å². The van der Waals surface area contributed by atoms with Crippen molar-refractivity contribution in [2.24, 2.45) is 5.92 Å². The lowest BCUT2D eigenvalue weighted by molar-refractivity contribution is 0.327. The Morgan fingerprint density at radius 2 is 2.15 bits per heavy atom. The highest BCUT2D eigenvalue weighted by Crippen LogP contribution is 2.21. The number of nitrogens with one attached hydrogen (secondary N) is 1. The first kappa shape index (κ1) is 13.8. The van der Waals surface area contributed by atoms with Crippen LogP contribution < -0.4 is 5.32 Å². The summed E-state index contributed by atoms with van der Waals surface area (Å²) in [7, 11) is 0. The second-order valence-corrected chi connectivity index (χ2v) is 6.19. The van der Waals surface area contributed by atoms with Crippen LogP contribution in [0.5, 0.6) is 0 Å². The van der Waals surface area contributed by atoms with Crippen LogP contribution in [0.15, 0.2) is 33.3 Å². The molecule has 1 aliphatic rings. The molecule has 1 aromatic carbocycles. The summed E-state index contributed by atoms with van der Waals surface area (Å²) in [6.45, 7) is 2.28. The van der Waals surface area contributed by atoms with Crippen molar-refractivity contribution in [3.63, 3.8) is 0 Å². The molecule has 5 heteroatoms. The molecule has 1 N–H and O–H groups in total. The number of hydrogen-bond donors (Lipinski definition) is 1. The first-order valence-corrected chi connectivity index (χ1v) is 7.90. The molecule has 1 fully saturated rings. The van der Waals surface area contributed by atoms with Crippen LogP contribution in [0.3, 0.4) is 0 Å². The highest BCUT2D eigenvalue weighted by atomic mass is 79.9. The van der Waals surface area contributed by atoms with Crippen molar-refractivity contribution in [3.8, 4) is 11.4 Å². The summed E-state index contributed by atoms with van der Waals surface area (Å²) in [5.41, 5.74) is 0.988. The first-order chi connectivity index (χ1) is 9.81. The van der Waals surface area contributed by atoms with E-state index < -0.39 is 0 Å². The second-order valence-electron chi connectivity index (χ2n) is 5.27. The van der Waals surface area contributed by atoms with Crippen LogP contribution in [-0.4, -0.2) is 23.2 Å². The number of aromatic nitrogens is 2. The third-order valence-electron chi connectivity index (χ3n) is 3.74. The van der Waals surface area contributed by atoms with Crippen LogP contribution in [0.1, 0.15) is 25.2 Å². The molecule has 3 rings (SSSR count). The largest absolute Gasteiger partial charge is 0.339 e. The lowest BCUT2D eigenvalue weighted by atomic mass is 9.95. The maximum atomic E-state index is 5.35. The molecule has 1 aromatic heterocycles. The van der Waals surface area contributed by atoms with E-state index in [-0.39, 0.29) is 0 Å². The molecule has 0 radical (unpaired) electrons. The highest BCUT2D eigenvalue weighted by molar-refractivity contribution is 9.10. The van der Waals surface area contributed by atoms with Gasteiger partial charge >= 0.3 is 0 Å². The van der Waals surface area contributed by atoms with Crippen LogP contribution in [0.25, 0.3) is 11.4 Å². The number of piperidine rings is 1. The van der Waals surface area contributed by atoms with Crippen molar-refractivity contribution in [1.82, 2.24) is 15.5 Å². The predicted octanol–water partition coefficient (Wildman–Crippen LogP) is 3.43. The highest BCUT2D eigenvalue weighted by Gasteiger charge is 2.15. The summed E-state index contributed by atoms with van der Waals surface area (Å²) in [5, 5.41) is 7.50. The Hall–Kier alpha value is -1.20. The monoisotopic (exact) mass is 335 g/mol. The van der Waals surface area contributed by atoms with E-state index >= 15 is 0 Å².